The maximum Gasteiger partial charge on any atom is 0.327 e. The van der Waals surface area contributed by atoms with Gasteiger partial charge in [-0.1, -0.05) is 6.08 Å². The first kappa shape index (κ1) is 11.9. The molecule has 6 heteroatoms. The van der Waals surface area contributed by atoms with E-state index in [9.17, 15) is 9.59 Å². The number of carbonyl (C=O) groups is 2. The van der Waals surface area contributed by atoms with Crippen LogP contribution in [-0.4, -0.2) is 45.7 Å². The lowest BCUT2D eigenvalue weighted by Gasteiger charge is -2.22. The fourth-order valence-electron chi connectivity index (χ4n) is 1.18. The Bertz CT molecular complexity index is 283. The number of urea groups is 1. The third kappa shape index (κ3) is 2.89. The van der Waals surface area contributed by atoms with Crippen LogP contribution in [0.25, 0.3) is 0 Å². The highest BCUT2D eigenvalue weighted by Crippen LogP contribution is 2.20. The number of hydrogen-bond donors (Lipinski definition) is 2. The predicted molar refractivity (Wildman–Crippen MR) is 58.8 cm³/mol. The number of carboxylic acids is 1. The normalized spacial score (nSPS) is 22.2. The van der Waals surface area contributed by atoms with Gasteiger partial charge in [-0.15, -0.1) is 18.3 Å². The van der Waals surface area contributed by atoms with Gasteiger partial charge in [0.1, 0.15) is 6.04 Å². The van der Waals surface area contributed by atoms with Crippen molar-refractivity contribution in [2.45, 2.75) is 19.0 Å². The average molecular weight is 230 g/mol. The Labute approximate surface area is 92.5 Å². The molecule has 0 aromatic rings. The molecule has 1 saturated heterocycles. The third-order valence-corrected chi connectivity index (χ3v) is 3.15. The zero-order chi connectivity index (χ0) is 11.4. The summed E-state index contributed by atoms with van der Waals surface area (Å²) in [5.74, 6) is -0.0841. The molecule has 84 valence electrons. The highest BCUT2D eigenvalue weighted by atomic mass is 32.2. The molecule has 0 aliphatic carbocycles. The Balaban J connectivity index is 2.58. The van der Waals surface area contributed by atoms with Crippen LogP contribution >= 0.6 is 11.8 Å². The summed E-state index contributed by atoms with van der Waals surface area (Å²) in [6, 6.07) is -1.22. The number of carbonyl (C=O) groups excluding carboxylic acids is 1. The van der Waals surface area contributed by atoms with E-state index >= 15 is 0 Å². The molecule has 15 heavy (non-hydrogen) atoms. The molecule has 2 N–H and O–H groups in total. The first-order chi connectivity index (χ1) is 7.06. The first-order valence-electron chi connectivity index (χ1n) is 4.56. The molecule has 0 bridgehead atoms. The standard InChI is InChI=1S/C9H14N2O3S/c1-3-6(2)10-9(14)11-5-15-4-7(11)8(12)13/h3,6-7H,1,4-5H2,2H3,(H,10,14)(H,12,13)/t6?,7-/m0/s1. The van der Waals surface area contributed by atoms with Crippen molar-refractivity contribution in [2.24, 2.45) is 0 Å². The highest BCUT2D eigenvalue weighted by Gasteiger charge is 2.34. The van der Waals surface area contributed by atoms with Crippen molar-refractivity contribution in [3.8, 4) is 0 Å². The fourth-order valence-corrected chi connectivity index (χ4v) is 2.33. The Hall–Kier alpha value is -1.17. The Morgan fingerprint density at radius 1 is 1.73 bits per heavy atom. The van der Waals surface area contributed by atoms with Crippen molar-refractivity contribution in [3.05, 3.63) is 12.7 Å². The van der Waals surface area contributed by atoms with E-state index in [4.69, 9.17) is 5.11 Å². The average Bonchev–Trinajstić information content (AvgIpc) is 2.65. The minimum absolute atomic E-state index is 0.155. The molecule has 0 saturated carbocycles. The summed E-state index contributed by atoms with van der Waals surface area (Å²) in [5.41, 5.74) is 0. The summed E-state index contributed by atoms with van der Waals surface area (Å²) in [7, 11) is 0. The van der Waals surface area contributed by atoms with Gasteiger partial charge in [-0.2, -0.15) is 0 Å². The van der Waals surface area contributed by atoms with E-state index in [1.807, 2.05) is 0 Å². The van der Waals surface area contributed by atoms with Crippen molar-refractivity contribution < 1.29 is 14.7 Å². The van der Waals surface area contributed by atoms with Gasteiger partial charge >= 0.3 is 12.0 Å². The Kier molecular flexibility index (Phi) is 4.02. The third-order valence-electron chi connectivity index (χ3n) is 2.13. The van der Waals surface area contributed by atoms with Gasteiger partial charge in [0.15, 0.2) is 0 Å². The van der Waals surface area contributed by atoms with Crippen LogP contribution in [-0.2, 0) is 4.79 Å². The molecule has 0 spiro atoms. The zero-order valence-electron chi connectivity index (χ0n) is 8.47. The molecule has 0 aromatic carbocycles. The van der Waals surface area contributed by atoms with Gasteiger partial charge in [-0.05, 0) is 6.92 Å². The van der Waals surface area contributed by atoms with E-state index in [1.165, 1.54) is 16.7 Å². The smallest absolute Gasteiger partial charge is 0.327 e. The number of aliphatic carboxylic acids is 1. The molecule has 2 atom stereocenters. The summed E-state index contributed by atoms with van der Waals surface area (Å²) in [4.78, 5) is 23.8. The molecule has 1 aliphatic rings. The molecular weight excluding hydrogens is 216 g/mol. The summed E-state index contributed by atoms with van der Waals surface area (Å²) >= 11 is 1.44. The molecule has 1 aliphatic heterocycles. The van der Waals surface area contributed by atoms with E-state index in [0.717, 1.165) is 0 Å². The molecule has 1 rings (SSSR count). The topological polar surface area (TPSA) is 69.6 Å². The predicted octanol–water partition coefficient (Wildman–Crippen LogP) is 0.730. The van der Waals surface area contributed by atoms with Gasteiger partial charge in [-0.3, -0.25) is 0 Å². The maximum absolute atomic E-state index is 11.6. The van der Waals surface area contributed by atoms with Crippen LogP contribution in [0.1, 0.15) is 6.92 Å². The van der Waals surface area contributed by atoms with Crippen molar-refractivity contribution in [2.75, 3.05) is 11.6 Å². The van der Waals surface area contributed by atoms with Gasteiger partial charge in [-0.25, -0.2) is 9.59 Å². The number of nitrogens with one attached hydrogen (secondary N) is 1. The van der Waals surface area contributed by atoms with E-state index < -0.39 is 12.0 Å². The van der Waals surface area contributed by atoms with Crippen molar-refractivity contribution in [3.63, 3.8) is 0 Å². The monoisotopic (exact) mass is 230 g/mol. The summed E-state index contributed by atoms with van der Waals surface area (Å²) in [6.07, 6.45) is 1.59. The molecule has 0 aromatic heterocycles. The lowest BCUT2D eigenvalue weighted by atomic mass is 10.3. The van der Waals surface area contributed by atoms with Crippen LogP contribution in [0.5, 0.6) is 0 Å². The number of carboxylic acid groups (broad SMARTS) is 1. The molecular formula is C9H14N2O3S. The van der Waals surface area contributed by atoms with Crippen molar-refractivity contribution in [1.82, 2.24) is 10.2 Å². The van der Waals surface area contributed by atoms with Crippen LogP contribution in [0.2, 0.25) is 0 Å². The van der Waals surface area contributed by atoms with Gasteiger partial charge in [0, 0.05) is 11.8 Å². The second-order valence-electron chi connectivity index (χ2n) is 3.30. The second kappa shape index (κ2) is 5.06. The van der Waals surface area contributed by atoms with E-state index in [0.29, 0.717) is 11.6 Å². The van der Waals surface area contributed by atoms with Gasteiger partial charge in [0.05, 0.1) is 5.88 Å². The van der Waals surface area contributed by atoms with Crippen molar-refractivity contribution >= 4 is 23.8 Å². The Morgan fingerprint density at radius 2 is 2.40 bits per heavy atom. The van der Waals surface area contributed by atoms with E-state index in [1.54, 1.807) is 13.0 Å². The van der Waals surface area contributed by atoms with Gasteiger partial charge < -0.3 is 15.3 Å². The minimum atomic E-state index is -0.957. The number of hydrogen-bond acceptors (Lipinski definition) is 3. The molecule has 1 unspecified atom stereocenters. The molecule has 1 fully saturated rings. The molecule has 1 heterocycles. The first-order valence-corrected chi connectivity index (χ1v) is 5.72. The molecule has 0 radical (unpaired) electrons. The lowest BCUT2D eigenvalue weighted by Crippen LogP contribution is -2.48. The maximum atomic E-state index is 11.6. The lowest BCUT2D eigenvalue weighted by molar-refractivity contribution is -0.140. The second-order valence-corrected chi connectivity index (χ2v) is 4.30. The van der Waals surface area contributed by atoms with E-state index in [-0.39, 0.29) is 12.1 Å². The molecule has 5 nitrogen and oxygen atoms in total. The van der Waals surface area contributed by atoms with Gasteiger partial charge in [0.25, 0.3) is 0 Å². The van der Waals surface area contributed by atoms with E-state index in [2.05, 4.69) is 11.9 Å². The summed E-state index contributed by atoms with van der Waals surface area (Å²) in [5, 5.41) is 11.5. The number of thioether (sulfide) groups is 1. The van der Waals surface area contributed by atoms with Crippen LogP contribution in [0, 0.1) is 0 Å². The number of rotatable bonds is 3. The minimum Gasteiger partial charge on any atom is -0.480 e. The quantitative estimate of drug-likeness (QED) is 0.701. The van der Waals surface area contributed by atoms with Crippen LogP contribution in [0.3, 0.4) is 0 Å². The van der Waals surface area contributed by atoms with Crippen LogP contribution in [0.4, 0.5) is 4.79 Å². The van der Waals surface area contributed by atoms with Gasteiger partial charge in [0.2, 0.25) is 0 Å². The van der Waals surface area contributed by atoms with Crippen LogP contribution in [0.15, 0.2) is 12.7 Å². The number of amides is 2. The summed E-state index contributed by atoms with van der Waals surface area (Å²) in [6.45, 7) is 5.32. The highest BCUT2D eigenvalue weighted by molar-refractivity contribution is 7.99. The fraction of sp³-hybridized carbons (Fsp3) is 0.556. The van der Waals surface area contributed by atoms with Crippen LogP contribution < -0.4 is 5.32 Å². The SMILES string of the molecule is C=CC(C)NC(=O)N1CSC[C@H]1C(=O)O. The number of nitrogens with zero attached hydrogens (tertiary/aromatic N) is 1. The summed E-state index contributed by atoms with van der Waals surface area (Å²) < 4.78 is 0. The van der Waals surface area contributed by atoms with Crippen molar-refractivity contribution in [1.29, 1.82) is 0 Å². The molecule has 2 amide bonds. The largest absolute Gasteiger partial charge is 0.480 e. The zero-order valence-corrected chi connectivity index (χ0v) is 9.29. The Morgan fingerprint density at radius 3 is 2.93 bits per heavy atom.